The third-order valence-corrected chi connectivity index (χ3v) is 3.48. The van der Waals surface area contributed by atoms with Crippen molar-refractivity contribution in [3.63, 3.8) is 0 Å². The first-order chi connectivity index (χ1) is 7.81. The Labute approximate surface area is 99.0 Å². The van der Waals surface area contributed by atoms with Crippen molar-refractivity contribution in [1.29, 1.82) is 0 Å². The molecule has 1 nitrogen and oxygen atoms in total. The van der Waals surface area contributed by atoms with Gasteiger partial charge in [-0.1, -0.05) is 49.0 Å². The molecule has 2 rings (SSSR count). The summed E-state index contributed by atoms with van der Waals surface area (Å²) >= 11 is 0.900. The van der Waals surface area contributed by atoms with E-state index in [1.54, 1.807) is 0 Å². The fourth-order valence-electron chi connectivity index (χ4n) is 1.66. The summed E-state index contributed by atoms with van der Waals surface area (Å²) in [5.41, 5.74) is 1.26. The topological polar surface area (TPSA) is 20.2 Å². The average molecular weight is 230 g/mol. The maximum Gasteiger partial charge on any atom is 0.0924 e. The molecule has 2 aromatic carbocycles. The standard InChI is InChI=1S/C14H14OS/c1-2-14(15)16-10-12-8-5-7-11-6-3-4-9-13(11)12/h2-9,15-16H,1,10H2. The molecular formula is C14H14OS. The van der Waals surface area contributed by atoms with Crippen LogP contribution in [0, 0.1) is 0 Å². The Kier molecular flexibility index (Phi) is 3.54. The maximum absolute atomic E-state index is 9.38. The number of rotatable bonds is 3. The van der Waals surface area contributed by atoms with Crippen molar-refractivity contribution >= 4 is 27.2 Å². The summed E-state index contributed by atoms with van der Waals surface area (Å²) in [5.74, 6) is 0.819. The summed E-state index contributed by atoms with van der Waals surface area (Å²) in [6, 6.07) is 14.6. The van der Waals surface area contributed by atoms with Crippen molar-refractivity contribution in [3.8, 4) is 0 Å². The van der Waals surface area contributed by atoms with Crippen LogP contribution in [0.4, 0.5) is 0 Å². The molecule has 0 atom stereocenters. The second-order valence-corrected chi connectivity index (χ2v) is 4.61. The van der Waals surface area contributed by atoms with Gasteiger partial charge >= 0.3 is 0 Å². The number of fused-ring (bicyclic) bond motifs is 1. The van der Waals surface area contributed by atoms with E-state index >= 15 is 0 Å². The van der Waals surface area contributed by atoms with Gasteiger partial charge in [0.1, 0.15) is 0 Å². The summed E-state index contributed by atoms with van der Waals surface area (Å²) in [5, 5.41) is 12.2. The minimum absolute atomic E-state index is 0.327. The lowest BCUT2D eigenvalue weighted by Crippen LogP contribution is -1.87. The number of hydrogen-bond acceptors (Lipinski definition) is 0. The molecule has 0 fully saturated rings. The molecule has 0 amide bonds. The average Bonchev–Trinajstić information content (AvgIpc) is 2.35. The Bertz CT molecular complexity index is 538. The lowest BCUT2D eigenvalue weighted by Gasteiger charge is -2.04. The van der Waals surface area contributed by atoms with E-state index in [9.17, 15) is 5.11 Å². The zero-order valence-corrected chi connectivity index (χ0v) is 9.82. The Morgan fingerprint density at radius 1 is 1.19 bits per heavy atom. The van der Waals surface area contributed by atoms with Gasteiger partial charge in [-0.25, -0.2) is 0 Å². The molecule has 82 valence electrons. The Hall–Kier alpha value is -1.38. The first-order valence-corrected chi connectivity index (χ1v) is 6.21. The highest BCUT2D eigenvalue weighted by Crippen LogP contribution is 2.20. The second-order valence-electron chi connectivity index (χ2n) is 3.52. The van der Waals surface area contributed by atoms with E-state index in [0.717, 1.165) is 17.1 Å². The van der Waals surface area contributed by atoms with Gasteiger partial charge in [0.25, 0.3) is 0 Å². The molecule has 0 saturated carbocycles. The number of aliphatic hydroxyl groups is 1. The molecule has 2 heteroatoms. The first-order valence-electron chi connectivity index (χ1n) is 5.14. The predicted octanol–water partition coefficient (Wildman–Crippen LogP) is 3.68. The van der Waals surface area contributed by atoms with Gasteiger partial charge in [-0.15, -0.1) is 0 Å². The largest absolute Gasteiger partial charge is 0.356 e. The van der Waals surface area contributed by atoms with Crippen molar-refractivity contribution in [2.45, 2.75) is 5.75 Å². The van der Waals surface area contributed by atoms with Crippen LogP contribution in [0.15, 0.2) is 55.1 Å². The van der Waals surface area contributed by atoms with Crippen LogP contribution in [0.1, 0.15) is 5.56 Å². The van der Waals surface area contributed by atoms with Gasteiger partial charge in [-0.2, -0.15) is 11.4 Å². The van der Waals surface area contributed by atoms with Crippen LogP contribution in [0.5, 0.6) is 0 Å². The van der Waals surface area contributed by atoms with Gasteiger partial charge in [0.05, 0.1) is 5.05 Å². The number of thiol groups is 1. The third-order valence-electron chi connectivity index (χ3n) is 2.47. The van der Waals surface area contributed by atoms with Gasteiger partial charge in [-0.3, -0.25) is 0 Å². The molecule has 0 aliphatic heterocycles. The van der Waals surface area contributed by atoms with Crippen LogP contribution in [0.3, 0.4) is 0 Å². The van der Waals surface area contributed by atoms with E-state index in [1.807, 2.05) is 12.1 Å². The molecule has 0 aliphatic rings. The maximum atomic E-state index is 9.38. The summed E-state index contributed by atoms with van der Waals surface area (Å²) < 4.78 is 0. The molecule has 1 N–H and O–H groups in total. The van der Waals surface area contributed by atoms with Crippen LogP contribution < -0.4 is 0 Å². The van der Waals surface area contributed by atoms with E-state index < -0.39 is 0 Å². The summed E-state index contributed by atoms with van der Waals surface area (Å²) in [6.45, 7) is 3.54. The van der Waals surface area contributed by atoms with Crippen molar-refractivity contribution in [3.05, 3.63) is 60.7 Å². The van der Waals surface area contributed by atoms with Crippen LogP contribution >= 0.6 is 11.4 Å². The quantitative estimate of drug-likeness (QED) is 0.468. The number of hydrogen-bond donors (Lipinski definition) is 2. The molecule has 0 saturated heterocycles. The fraction of sp³-hybridized carbons (Fsp3) is 0.0714. The normalized spacial score (nSPS) is 12.2. The molecule has 2 aromatic rings. The van der Waals surface area contributed by atoms with E-state index in [2.05, 4.69) is 36.9 Å². The van der Waals surface area contributed by atoms with E-state index in [-0.39, 0.29) is 0 Å². The highest BCUT2D eigenvalue weighted by Gasteiger charge is 1.98. The molecule has 0 heterocycles. The van der Waals surface area contributed by atoms with Crippen molar-refractivity contribution in [2.75, 3.05) is 0 Å². The minimum Gasteiger partial charge on any atom is -0.356 e. The molecular weight excluding hydrogens is 216 g/mol. The van der Waals surface area contributed by atoms with Crippen molar-refractivity contribution in [1.82, 2.24) is 0 Å². The van der Waals surface area contributed by atoms with E-state index in [1.165, 1.54) is 22.4 Å². The molecule has 16 heavy (non-hydrogen) atoms. The van der Waals surface area contributed by atoms with Crippen molar-refractivity contribution < 1.29 is 5.11 Å². The van der Waals surface area contributed by atoms with Crippen LogP contribution in [-0.4, -0.2) is 10.2 Å². The molecule has 0 unspecified atom stereocenters. The fourth-order valence-corrected chi connectivity index (χ4v) is 2.40. The van der Waals surface area contributed by atoms with Crippen LogP contribution in [0.25, 0.3) is 10.8 Å². The number of aliphatic hydroxyl groups excluding tert-OH is 1. The van der Waals surface area contributed by atoms with Crippen molar-refractivity contribution in [2.24, 2.45) is 0 Å². The second kappa shape index (κ2) is 5.10. The van der Waals surface area contributed by atoms with Gasteiger partial charge < -0.3 is 5.11 Å². The van der Waals surface area contributed by atoms with Gasteiger partial charge in [-0.05, 0) is 22.4 Å². The van der Waals surface area contributed by atoms with E-state index in [0.29, 0.717) is 5.05 Å². The third kappa shape index (κ3) is 2.40. The summed E-state index contributed by atoms with van der Waals surface area (Å²) in [4.78, 5) is 0. The molecule has 0 aliphatic carbocycles. The minimum atomic E-state index is 0.327. The molecule has 0 radical (unpaired) electrons. The van der Waals surface area contributed by atoms with Crippen LogP contribution in [-0.2, 0) is 5.75 Å². The smallest absolute Gasteiger partial charge is 0.0924 e. The van der Waals surface area contributed by atoms with Gasteiger partial charge in [0.15, 0.2) is 0 Å². The Balaban J connectivity index is 2.41. The van der Waals surface area contributed by atoms with Crippen LogP contribution in [0.2, 0.25) is 0 Å². The summed E-state index contributed by atoms with van der Waals surface area (Å²) in [6.07, 6.45) is 1.49. The molecule has 0 bridgehead atoms. The van der Waals surface area contributed by atoms with E-state index in [4.69, 9.17) is 0 Å². The zero-order valence-electron chi connectivity index (χ0n) is 8.93. The monoisotopic (exact) mass is 230 g/mol. The highest BCUT2D eigenvalue weighted by molar-refractivity contribution is 7.97. The SMILES string of the molecule is C=CC(O)=[SH]Cc1cccc2ccccc12. The predicted molar refractivity (Wildman–Crippen MR) is 74.5 cm³/mol. The first kappa shape index (κ1) is 11.1. The Morgan fingerprint density at radius 2 is 1.94 bits per heavy atom. The zero-order chi connectivity index (χ0) is 11.4. The molecule has 0 spiro atoms. The summed E-state index contributed by atoms with van der Waals surface area (Å²) in [7, 11) is 0. The highest BCUT2D eigenvalue weighted by atomic mass is 32.1. The lowest BCUT2D eigenvalue weighted by atomic mass is 10.1. The number of benzene rings is 2. The lowest BCUT2D eigenvalue weighted by molar-refractivity contribution is 0.574. The Morgan fingerprint density at radius 3 is 2.75 bits per heavy atom. The molecule has 0 aromatic heterocycles. The van der Waals surface area contributed by atoms with Gasteiger partial charge in [0, 0.05) is 5.75 Å². The van der Waals surface area contributed by atoms with Gasteiger partial charge in [0.2, 0.25) is 0 Å².